The third-order valence-electron chi connectivity index (χ3n) is 2.17. The first kappa shape index (κ1) is 9.58. The molecule has 0 fully saturated rings. The Morgan fingerprint density at radius 2 is 2.00 bits per heavy atom. The molecule has 0 atom stereocenters. The number of aromatic amines is 1. The van der Waals surface area contributed by atoms with E-state index in [1.807, 2.05) is 19.9 Å². The van der Waals surface area contributed by atoms with Crippen molar-refractivity contribution in [2.45, 2.75) is 13.8 Å². The average Bonchev–Trinajstić information content (AvgIpc) is 2.22. The van der Waals surface area contributed by atoms with E-state index < -0.39 is 0 Å². The van der Waals surface area contributed by atoms with Crippen LogP contribution < -0.4 is 5.69 Å². The number of nitrogens with zero attached hydrogens (tertiary/aromatic N) is 2. The lowest BCUT2D eigenvalue weighted by atomic mass is 10.1. The summed E-state index contributed by atoms with van der Waals surface area (Å²) in [7, 11) is 0. The van der Waals surface area contributed by atoms with E-state index in [2.05, 4.69) is 15.0 Å². The smallest absolute Gasteiger partial charge is 0.305 e. The molecule has 0 saturated carbocycles. The van der Waals surface area contributed by atoms with Gasteiger partial charge in [0.2, 0.25) is 0 Å². The Bertz CT molecular complexity index is 546. The summed E-state index contributed by atoms with van der Waals surface area (Å²) in [6.07, 6.45) is 5.07. The van der Waals surface area contributed by atoms with Gasteiger partial charge in [0.1, 0.15) is 0 Å². The summed E-state index contributed by atoms with van der Waals surface area (Å²) in [6.45, 7) is 3.87. The fraction of sp³-hybridized carbons (Fsp3) is 0.182. The third kappa shape index (κ3) is 1.93. The molecule has 2 aromatic rings. The maximum absolute atomic E-state index is 11.1. The average molecular weight is 201 g/mol. The van der Waals surface area contributed by atoms with Crippen LogP contribution in [-0.4, -0.2) is 15.0 Å². The minimum atomic E-state index is -0.336. The van der Waals surface area contributed by atoms with Crippen LogP contribution in [0.5, 0.6) is 0 Å². The quantitative estimate of drug-likeness (QED) is 0.759. The van der Waals surface area contributed by atoms with E-state index in [-0.39, 0.29) is 5.69 Å². The van der Waals surface area contributed by atoms with Gasteiger partial charge in [0.05, 0.1) is 5.69 Å². The predicted molar refractivity (Wildman–Crippen MR) is 57.6 cm³/mol. The van der Waals surface area contributed by atoms with Crippen LogP contribution in [0.15, 0.2) is 29.5 Å². The van der Waals surface area contributed by atoms with Gasteiger partial charge in [0, 0.05) is 24.2 Å². The lowest BCUT2D eigenvalue weighted by molar-refractivity contribution is 1.05. The zero-order chi connectivity index (χ0) is 10.8. The molecule has 76 valence electrons. The Labute approximate surface area is 87.0 Å². The van der Waals surface area contributed by atoms with Crippen molar-refractivity contribution in [1.29, 1.82) is 0 Å². The highest BCUT2D eigenvalue weighted by Crippen LogP contribution is 2.18. The summed E-state index contributed by atoms with van der Waals surface area (Å²) in [4.78, 5) is 21.6. The number of hydrogen-bond acceptors (Lipinski definition) is 3. The molecule has 1 N–H and O–H groups in total. The number of pyridine rings is 1. The van der Waals surface area contributed by atoms with Crippen LogP contribution >= 0.6 is 0 Å². The van der Waals surface area contributed by atoms with E-state index in [9.17, 15) is 4.79 Å². The highest BCUT2D eigenvalue weighted by Gasteiger charge is 2.03. The monoisotopic (exact) mass is 201 g/mol. The number of aryl methyl sites for hydroxylation is 2. The topological polar surface area (TPSA) is 58.6 Å². The first-order chi connectivity index (χ1) is 7.16. The number of aromatic nitrogens is 3. The summed E-state index contributed by atoms with van der Waals surface area (Å²) >= 11 is 0. The van der Waals surface area contributed by atoms with Crippen molar-refractivity contribution in [2.75, 3.05) is 0 Å². The lowest BCUT2D eigenvalue weighted by Crippen LogP contribution is -2.11. The molecule has 0 amide bonds. The SMILES string of the molecule is Cc1cncc(-c2[nH]c(=O)ncc2C)c1. The number of rotatable bonds is 1. The Balaban J connectivity index is 2.63. The van der Waals surface area contributed by atoms with Gasteiger partial charge in [-0.3, -0.25) is 4.98 Å². The molecule has 2 aromatic heterocycles. The number of nitrogens with one attached hydrogen (secondary N) is 1. The van der Waals surface area contributed by atoms with E-state index in [1.165, 1.54) is 0 Å². The van der Waals surface area contributed by atoms with Crippen molar-refractivity contribution < 1.29 is 0 Å². The largest absolute Gasteiger partial charge is 0.345 e. The predicted octanol–water partition coefficient (Wildman–Crippen LogP) is 1.45. The molecular weight excluding hydrogens is 190 g/mol. The Morgan fingerprint density at radius 1 is 1.20 bits per heavy atom. The van der Waals surface area contributed by atoms with Crippen LogP contribution in [0.25, 0.3) is 11.3 Å². The van der Waals surface area contributed by atoms with Gasteiger partial charge in [-0.15, -0.1) is 0 Å². The van der Waals surface area contributed by atoms with Crippen LogP contribution in [0.3, 0.4) is 0 Å². The normalized spacial score (nSPS) is 10.3. The van der Waals surface area contributed by atoms with Crippen molar-refractivity contribution in [3.05, 3.63) is 46.3 Å². The van der Waals surface area contributed by atoms with Crippen LogP contribution in [0.2, 0.25) is 0 Å². The molecule has 0 unspecified atom stereocenters. The Hall–Kier alpha value is -1.97. The van der Waals surface area contributed by atoms with E-state index in [0.29, 0.717) is 0 Å². The number of hydrogen-bond donors (Lipinski definition) is 1. The van der Waals surface area contributed by atoms with Crippen molar-refractivity contribution in [2.24, 2.45) is 0 Å². The van der Waals surface area contributed by atoms with Gasteiger partial charge in [-0.2, -0.15) is 0 Å². The fourth-order valence-corrected chi connectivity index (χ4v) is 1.45. The molecule has 2 rings (SSSR count). The summed E-state index contributed by atoms with van der Waals surface area (Å²) < 4.78 is 0. The lowest BCUT2D eigenvalue weighted by Gasteiger charge is -2.04. The Morgan fingerprint density at radius 3 is 2.73 bits per heavy atom. The summed E-state index contributed by atoms with van der Waals surface area (Å²) in [5.41, 5.74) is 3.35. The molecule has 0 bridgehead atoms. The first-order valence-electron chi connectivity index (χ1n) is 4.65. The van der Waals surface area contributed by atoms with Gasteiger partial charge < -0.3 is 4.98 Å². The highest BCUT2D eigenvalue weighted by molar-refractivity contribution is 5.61. The molecule has 0 aliphatic heterocycles. The maximum Gasteiger partial charge on any atom is 0.345 e. The van der Waals surface area contributed by atoms with Gasteiger partial charge in [-0.05, 0) is 31.0 Å². The summed E-state index contributed by atoms with van der Waals surface area (Å²) in [5.74, 6) is 0. The molecule has 4 heteroatoms. The van der Waals surface area contributed by atoms with Gasteiger partial charge in [0.25, 0.3) is 0 Å². The second-order valence-electron chi connectivity index (χ2n) is 3.50. The van der Waals surface area contributed by atoms with E-state index >= 15 is 0 Å². The Kier molecular flexibility index (Phi) is 2.33. The molecule has 0 aromatic carbocycles. The van der Waals surface area contributed by atoms with Crippen molar-refractivity contribution in [1.82, 2.24) is 15.0 Å². The second-order valence-corrected chi connectivity index (χ2v) is 3.50. The third-order valence-corrected chi connectivity index (χ3v) is 2.17. The minimum Gasteiger partial charge on any atom is -0.305 e. The van der Waals surface area contributed by atoms with E-state index in [4.69, 9.17) is 0 Å². The standard InChI is InChI=1S/C11H11N3O/c1-7-3-9(6-12-4-7)10-8(2)5-13-11(15)14-10/h3-6H,1-2H3,(H,13,14,15). The summed E-state index contributed by atoms with van der Waals surface area (Å²) in [5, 5.41) is 0. The number of H-pyrrole nitrogens is 1. The van der Waals surface area contributed by atoms with Crippen molar-refractivity contribution in [3.63, 3.8) is 0 Å². The molecule has 0 radical (unpaired) electrons. The molecule has 2 heterocycles. The molecular formula is C11H11N3O. The van der Waals surface area contributed by atoms with E-state index in [1.54, 1.807) is 18.6 Å². The van der Waals surface area contributed by atoms with Crippen LogP contribution in [0.1, 0.15) is 11.1 Å². The van der Waals surface area contributed by atoms with Crippen LogP contribution in [-0.2, 0) is 0 Å². The molecule has 15 heavy (non-hydrogen) atoms. The summed E-state index contributed by atoms with van der Waals surface area (Å²) in [6, 6.07) is 1.98. The molecule has 0 saturated heterocycles. The molecule has 0 aliphatic rings. The first-order valence-corrected chi connectivity index (χ1v) is 4.65. The minimum absolute atomic E-state index is 0.336. The second kappa shape index (κ2) is 3.65. The van der Waals surface area contributed by atoms with Gasteiger partial charge >= 0.3 is 5.69 Å². The zero-order valence-electron chi connectivity index (χ0n) is 8.61. The highest BCUT2D eigenvalue weighted by atomic mass is 16.1. The van der Waals surface area contributed by atoms with E-state index in [0.717, 1.165) is 22.4 Å². The molecule has 4 nitrogen and oxygen atoms in total. The van der Waals surface area contributed by atoms with Gasteiger partial charge in [0.15, 0.2) is 0 Å². The van der Waals surface area contributed by atoms with Crippen LogP contribution in [0.4, 0.5) is 0 Å². The fourth-order valence-electron chi connectivity index (χ4n) is 1.45. The van der Waals surface area contributed by atoms with Crippen molar-refractivity contribution in [3.8, 4) is 11.3 Å². The van der Waals surface area contributed by atoms with Gasteiger partial charge in [-0.25, -0.2) is 9.78 Å². The van der Waals surface area contributed by atoms with Crippen LogP contribution in [0, 0.1) is 13.8 Å². The maximum atomic E-state index is 11.1. The van der Waals surface area contributed by atoms with Crippen molar-refractivity contribution >= 4 is 0 Å². The zero-order valence-corrected chi connectivity index (χ0v) is 8.61. The van der Waals surface area contributed by atoms with Gasteiger partial charge in [-0.1, -0.05) is 0 Å². The molecule has 0 spiro atoms. The molecule has 0 aliphatic carbocycles.